The predicted molar refractivity (Wildman–Crippen MR) is 107 cm³/mol. The Morgan fingerprint density at radius 1 is 1.00 bits per heavy atom. The zero-order valence-electron chi connectivity index (χ0n) is 14.9. The zero-order valence-corrected chi connectivity index (χ0v) is 14.9. The number of rotatable bonds is 1. The highest BCUT2D eigenvalue weighted by atomic mass is 16.4. The van der Waals surface area contributed by atoms with Crippen LogP contribution < -0.4 is 5.73 Å². The highest BCUT2D eigenvalue weighted by Gasteiger charge is 2.18. The number of nitrogens with two attached hydrogens (primary N) is 1. The summed E-state index contributed by atoms with van der Waals surface area (Å²) in [7, 11) is 0. The fourth-order valence-corrected chi connectivity index (χ4v) is 3.76. The minimum atomic E-state index is -0.959. The molecule has 1 aromatic heterocycles. The van der Waals surface area contributed by atoms with E-state index in [0.717, 1.165) is 19.3 Å². The molecule has 0 spiro atoms. The van der Waals surface area contributed by atoms with E-state index in [0.29, 0.717) is 6.04 Å². The quantitative estimate of drug-likeness (QED) is 0.479. The molecule has 0 fully saturated rings. The Labute approximate surface area is 157 Å². The van der Waals surface area contributed by atoms with Gasteiger partial charge in [0.15, 0.2) is 0 Å². The molecule has 0 amide bonds. The molecule has 1 aliphatic rings. The summed E-state index contributed by atoms with van der Waals surface area (Å²) < 4.78 is 4.49. The molecule has 4 nitrogen and oxygen atoms in total. The van der Waals surface area contributed by atoms with Gasteiger partial charge in [-0.1, -0.05) is 48.5 Å². The molecule has 3 aromatic carbocycles. The van der Waals surface area contributed by atoms with Crippen LogP contribution in [0.1, 0.15) is 27.9 Å². The molecule has 3 N–H and O–H groups in total. The summed E-state index contributed by atoms with van der Waals surface area (Å²) in [5.74, 6) is -0.959. The Balaban J connectivity index is 0.000000190. The Morgan fingerprint density at radius 2 is 1.81 bits per heavy atom. The van der Waals surface area contributed by atoms with Crippen LogP contribution in [0.2, 0.25) is 0 Å². The van der Waals surface area contributed by atoms with Crippen molar-refractivity contribution in [1.29, 1.82) is 0 Å². The van der Waals surface area contributed by atoms with Crippen molar-refractivity contribution in [2.45, 2.75) is 25.3 Å². The molecule has 0 saturated heterocycles. The van der Waals surface area contributed by atoms with Gasteiger partial charge in [-0.3, -0.25) is 0 Å². The van der Waals surface area contributed by atoms with E-state index in [2.05, 4.69) is 52.9 Å². The van der Waals surface area contributed by atoms with E-state index in [1.54, 1.807) is 0 Å². The fraction of sp³-hybridized carbons (Fsp3) is 0.174. The highest BCUT2D eigenvalue weighted by Crippen LogP contribution is 2.32. The van der Waals surface area contributed by atoms with Gasteiger partial charge in [0.05, 0.1) is 11.8 Å². The number of aryl methyl sites for hydroxylation is 1. The van der Waals surface area contributed by atoms with Crippen molar-refractivity contribution in [2.24, 2.45) is 5.73 Å². The molecule has 1 unspecified atom stereocenters. The summed E-state index contributed by atoms with van der Waals surface area (Å²) in [6.45, 7) is 0. The molecular formula is C23H21NO3. The predicted octanol–water partition coefficient (Wildman–Crippen LogP) is 4.79. The number of carboxylic acid groups (broad SMARTS) is 1. The Morgan fingerprint density at radius 3 is 2.56 bits per heavy atom. The number of hydrogen-bond acceptors (Lipinski definition) is 3. The van der Waals surface area contributed by atoms with E-state index in [4.69, 9.17) is 10.8 Å². The first-order chi connectivity index (χ1) is 13.1. The third kappa shape index (κ3) is 3.44. The van der Waals surface area contributed by atoms with Crippen molar-refractivity contribution in [3.8, 4) is 0 Å². The molecule has 27 heavy (non-hydrogen) atoms. The lowest BCUT2D eigenvalue weighted by atomic mass is 9.84. The molecule has 0 bridgehead atoms. The van der Waals surface area contributed by atoms with Crippen LogP contribution in [0.15, 0.2) is 71.5 Å². The second kappa shape index (κ2) is 7.25. The minimum Gasteiger partial charge on any atom is -0.478 e. The van der Waals surface area contributed by atoms with Crippen molar-refractivity contribution in [2.75, 3.05) is 0 Å². The van der Waals surface area contributed by atoms with Crippen LogP contribution in [-0.2, 0) is 12.8 Å². The van der Waals surface area contributed by atoms with E-state index in [1.165, 1.54) is 51.3 Å². The van der Waals surface area contributed by atoms with E-state index in [1.807, 2.05) is 0 Å². The smallest absolute Gasteiger partial charge is 0.338 e. The van der Waals surface area contributed by atoms with Gasteiger partial charge in [-0.2, -0.15) is 0 Å². The van der Waals surface area contributed by atoms with E-state index in [-0.39, 0.29) is 5.56 Å². The summed E-state index contributed by atoms with van der Waals surface area (Å²) in [6.07, 6.45) is 5.77. The van der Waals surface area contributed by atoms with Crippen LogP contribution in [0.3, 0.4) is 0 Å². The van der Waals surface area contributed by atoms with E-state index in [9.17, 15) is 4.79 Å². The fourth-order valence-electron chi connectivity index (χ4n) is 3.76. The molecule has 4 heteroatoms. The maximum absolute atomic E-state index is 10.0. The van der Waals surface area contributed by atoms with E-state index < -0.39 is 5.97 Å². The average molecular weight is 359 g/mol. The van der Waals surface area contributed by atoms with Gasteiger partial charge in [0.25, 0.3) is 0 Å². The first kappa shape index (κ1) is 17.3. The van der Waals surface area contributed by atoms with Gasteiger partial charge in [-0.15, -0.1) is 0 Å². The lowest BCUT2D eigenvalue weighted by Crippen LogP contribution is -2.27. The third-order valence-corrected chi connectivity index (χ3v) is 5.15. The molecule has 4 aromatic rings. The standard InChI is InChI=1S/C18H17N.C5H4O3/c19-14-8-5-13-7-9-16-15-4-2-1-3-12(15)6-10-17(16)18(13)11-14;6-5(7)4-1-2-8-3-4/h1-4,6-7,9-10,14H,5,8,11,19H2;1-3H,(H,6,7). The number of carboxylic acids is 1. The van der Waals surface area contributed by atoms with Crippen molar-refractivity contribution >= 4 is 27.5 Å². The number of fused-ring (bicyclic) bond motifs is 5. The Bertz CT molecular complexity index is 1100. The molecule has 1 atom stereocenters. The zero-order chi connectivity index (χ0) is 18.8. The second-order valence-electron chi connectivity index (χ2n) is 6.91. The molecule has 5 rings (SSSR count). The Hall–Kier alpha value is -3.11. The molecule has 0 aliphatic heterocycles. The average Bonchev–Trinajstić information content (AvgIpc) is 3.23. The van der Waals surface area contributed by atoms with Crippen LogP contribution in [0.4, 0.5) is 0 Å². The number of hydrogen-bond donors (Lipinski definition) is 2. The summed E-state index contributed by atoms with van der Waals surface area (Å²) in [6, 6.07) is 19.4. The van der Waals surface area contributed by atoms with Crippen molar-refractivity contribution in [3.63, 3.8) is 0 Å². The van der Waals surface area contributed by atoms with Crippen molar-refractivity contribution < 1.29 is 14.3 Å². The summed E-state index contributed by atoms with van der Waals surface area (Å²) in [5, 5.41) is 13.6. The first-order valence-corrected chi connectivity index (χ1v) is 9.07. The van der Waals surface area contributed by atoms with Gasteiger partial charge in [-0.25, -0.2) is 4.79 Å². The van der Waals surface area contributed by atoms with Crippen LogP contribution in [0.25, 0.3) is 21.5 Å². The van der Waals surface area contributed by atoms with Crippen molar-refractivity contribution in [1.82, 2.24) is 0 Å². The van der Waals surface area contributed by atoms with Gasteiger partial charge in [-0.05, 0) is 58.0 Å². The molecule has 0 saturated carbocycles. The maximum Gasteiger partial charge on any atom is 0.338 e. The topological polar surface area (TPSA) is 76.5 Å². The number of carbonyl (C=O) groups is 1. The van der Waals surface area contributed by atoms with Crippen LogP contribution in [0.5, 0.6) is 0 Å². The lowest BCUT2D eigenvalue weighted by Gasteiger charge is -2.23. The first-order valence-electron chi connectivity index (χ1n) is 9.07. The van der Waals surface area contributed by atoms with Crippen molar-refractivity contribution in [3.05, 3.63) is 83.8 Å². The number of aromatic carboxylic acids is 1. The SMILES string of the molecule is NC1CCc2ccc3c(ccc4ccccc43)c2C1.O=C(O)c1ccoc1. The van der Waals surface area contributed by atoms with Gasteiger partial charge in [0.1, 0.15) is 6.26 Å². The maximum atomic E-state index is 10.0. The summed E-state index contributed by atoms with van der Waals surface area (Å²) in [5.41, 5.74) is 9.30. The molecule has 0 radical (unpaired) electrons. The highest BCUT2D eigenvalue weighted by molar-refractivity contribution is 6.08. The summed E-state index contributed by atoms with van der Waals surface area (Å²) >= 11 is 0. The molecule has 136 valence electrons. The summed E-state index contributed by atoms with van der Waals surface area (Å²) in [4.78, 5) is 10.0. The Kier molecular flexibility index (Phi) is 4.65. The lowest BCUT2D eigenvalue weighted by molar-refractivity contribution is 0.0696. The van der Waals surface area contributed by atoms with Gasteiger partial charge in [0.2, 0.25) is 0 Å². The van der Waals surface area contributed by atoms with E-state index >= 15 is 0 Å². The van der Waals surface area contributed by atoms with Crippen LogP contribution >= 0.6 is 0 Å². The third-order valence-electron chi connectivity index (χ3n) is 5.15. The number of furan rings is 1. The normalized spacial score (nSPS) is 15.8. The van der Waals surface area contributed by atoms with Gasteiger partial charge >= 0.3 is 5.97 Å². The number of benzene rings is 3. The van der Waals surface area contributed by atoms with Crippen LogP contribution in [-0.4, -0.2) is 17.1 Å². The minimum absolute atomic E-state index is 0.185. The monoisotopic (exact) mass is 359 g/mol. The molecular weight excluding hydrogens is 338 g/mol. The second-order valence-corrected chi connectivity index (χ2v) is 6.91. The van der Waals surface area contributed by atoms with Gasteiger partial charge < -0.3 is 15.3 Å². The largest absolute Gasteiger partial charge is 0.478 e. The molecule has 1 heterocycles. The molecule has 1 aliphatic carbocycles. The van der Waals surface area contributed by atoms with Gasteiger partial charge in [0, 0.05) is 6.04 Å². The van der Waals surface area contributed by atoms with Crippen LogP contribution in [0, 0.1) is 0 Å².